The molecule has 0 saturated heterocycles. The molecule has 0 saturated carbocycles. The summed E-state index contributed by atoms with van der Waals surface area (Å²) >= 11 is 0. The summed E-state index contributed by atoms with van der Waals surface area (Å²) < 4.78 is 11.4. The number of carbonyl (C=O) groups excluding carboxylic acids is 1. The van der Waals surface area contributed by atoms with E-state index in [4.69, 9.17) is 9.47 Å². The van der Waals surface area contributed by atoms with Crippen molar-refractivity contribution < 1.29 is 19.4 Å². The highest BCUT2D eigenvalue weighted by Crippen LogP contribution is 2.41. The minimum Gasteiger partial charge on any atom is -0.491 e. The second-order valence-electron chi connectivity index (χ2n) is 11.6. The molecule has 0 heterocycles. The maximum atomic E-state index is 12.3. The topological polar surface area (TPSA) is 67.8 Å². The Labute approximate surface area is 212 Å². The summed E-state index contributed by atoms with van der Waals surface area (Å²) in [6.45, 7) is 20.3. The minimum absolute atomic E-state index is 0.163. The molecule has 35 heavy (non-hydrogen) atoms. The smallest absolute Gasteiger partial charge is 0.412 e. The van der Waals surface area contributed by atoms with Gasteiger partial charge in [0.1, 0.15) is 18.0 Å². The van der Waals surface area contributed by atoms with Crippen LogP contribution in [0.3, 0.4) is 0 Å². The van der Waals surface area contributed by atoms with Crippen LogP contribution in [0.4, 0.5) is 10.5 Å². The number of hydrogen-bond acceptors (Lipinski definition) is 4. The van der Waals surface area contributed by atoms with Crippen LogP contribution in [0.25, 0.3) is 0 Å². The molecule has 2 aromatic rings. The van der Waals surface area contributed by atoms with Crippen LogP contribution in [-0.2, 0) is 10.2 Å². The predicted molar refractivity (Wildman–Crippen MR) is 145 cm³/mol. The largest absolute Gasteiger partial charge is 0.491 e. The van der Waals surface area contributed by atoms with E-state index in [1.165, 1.54) is 11.1 Å². The molecule has 0 fully saturated rings. The van der Waals surface area contributed by atoms with Gasteiger partial charge in [0, 0.05) is 11.1 Å². The first-order valence-electron chi connectivity index (χ1n) is 12.7. The van der Waals surface area contributed by atoms with Crippen LogP contribution in [0.2, 0.25) is 0 Å². The molecule has 0 aliphatic carbocycles. The van der Waals surface area contributed by atoms with Gasteiger partial charge >= 0.3 is 6.09 Å². The lowest BCUT2D eigenvalue weighted by atomic mass is 9.70. The minimum atomic E-state index is -0.546. The molecule has 1 amide bonds. The van der Waals surface area contributed by atoms with Crippen molar-refractivity contribution in [2.45, 2.75) is 99.2 Å². The van der Waals surface area contributed by atoms with E-state index in [1.54, 1.807) is 0 Å². The van der Waals surface area contributed by atoms with Gasteiger partial charge < -0.3 is 14.6 Å². The van der Waals surface area contributed by atoms with E-state index >= 15 is 0 Å². The van der Waals surface area contributed by atoms with Gasteiger partial charge in [0.05, 0.1) is 6.10 Å². The van der Waals surface area contributed by atoms with E-state index in [1.807, 2.05) is 60.6 Å². The Morgan fingerprint density at radius 1 is 0.914 bits per heavy atom. The van der Waals surface area contributed by atoms with Gasteiger partial charge in [0.15, 0.2) is 0 Å². The number of nitrogens with one attached hydrogen (secondary N) is 1. The number of ether oxygens (including phenoxy) is 2. The first-order valence-corrected chi connectivity index (χ1v) is 12.7. The summed E-state index contributed by atoms with van der Waals surface area (Å²) in [5, 5.41) is 13.2. The molecular weight excluding hydrogens is 438 g/mol. The Kier molecular flexibility index (Phi) is 9.05. The third kappa shape index (κ3) is 7.23. The first-order chi connectivity index (χ1) is 16.1. The fraction of sp³-hybridized carbons (Fsp3) is 0.567. The van der Waals surface area contributed by atoms with Crippen molar-refractivity contribution in [1.29, 1.82) is 0 Å². The molecule has 2 aromatic carbocycles. The van der Waals surface area contributed by atoms with Gasteiger partial charge in [-0.1, -0.05) is 58.9 Å². The van der Waals surface area contributed by atoms with Gasteiger partial charge in [-0.3, -0.25) is 5.32 Å². The molecule has 0 aliphatic rings. The summed E-state index contributed by atoms with van der Waals surface area (Å²) in [7, 11) is 0. The van der Waals surface area contributed by atoms with Crippen LogP contribution in [0.15, 0.2) is 36.4 Å². The van der Waals surface area contributed by atoms with Crippen molar-refractivity contribution in [2.75, 3.05) is 11.9 Å². The zero-order valence-corrected chi connectivity index (χ0v) is 23.3. The van der Waals surface area contributed by atoms with E-state index in [0.717, 1.165) is 35.4 Å². The number of carbonyl (C=O) groups is 1. The standard InChI is InChI=1S/C30H45NO4/c1-11-30(12-2,22-13-15-24(20(3)17-22)31-27(33)35-29(8,9)10)23-14-16-25(21(4)18-23)34-19-26(32)28(5,6)7/h13-18,26,32H,11-12,19H2,1-10H3,(H,31,33). The molecule has 0 spiro atoms. The number of aliphatic hydroxyl groups excluding tert-OH is 1. The maximum Gasteiger partial charge on any atom is 0.412 e. The Balaban J connectivity index is 2.32. The normalized spacial score (nSPS) is 13.3. The molecule has 194 valence electrons. The molecule has 1 unspecified atom stereocenters. The fourth-order valence-corrected chi connectivity index (χ4v) is 4.28. The number of aryl methyl sites for hydroxylation is 2. The van der Waals surface area contributed by atoms with Crippen molar-refractivity contribution in [3.8, 4) is 5.75 Å². The van der Waals surface area contributed by atoms with E-state index in [9.17, 15) is 9.90 Å². The molecule has 0 aromatic heterocycles. The molecular formula is C30H45NO4. The molecule has 0 radical (unpaired) electrons. The number of benzene rings is 2. The maximum absolute atomic E-state index is 12.3. The van der Waals surface area contributed by atoms with Gasteiger partial charge in [-0.2, -0.15) is 0 Å². The molecule has 5 heteroatoms. The van der Waals surface area contributed by atoms with Crippen molar-refractivity contribution in [1.82, 2.24) is 0 Å². The van der Waals surface area contributed by atoms with Crippen molar-refractivity contribution in [2.24, 2.45) is 5.41 Å². The first kappa shape index (κ1) is 28.7. The number of aliphatic hydroxyl groups is 1. The molecule has 5 nitrogen and oxygen atoms in total. The second kappa shape index (κ2) is 11.0. The van der Waals surface area contributed by atoms with Crippen LogP contribution in [-0.4, -0.2) is 29.5 Å². The summed E-state index contributed by atoms with van der Waals surface area (Å²) in [5.74, 6) is 0.797. The quantitative estimate of drug-likeness (QED) is 0.407. The zero-order valence-electron chi connectivity index (χ0n) is 23.3. The number of hydrogen-bond donors (Lipinski definition) is 2. The van der Waals surface area contributed by atoms with Crippen LogP contribution < -0.4 is 10.1 Å². The van der Waals surface area contributed by atoms with Crippen LogP contribution in [0.1, 0.15) is 90.5 Å². The summed E-state index contributed by atoms with van der Waals surface area (Å²) in [4.78, 5) is 12.3. The van der Waals surface area contributed by atoms with Crippen LogP contribution in [0, 0.1) is 19.3 Å². The molecule has 1 atom stereocenters. The summed E-state index contributed by atoms with van der Waals surface area (Å²) in [6.07, 6.45) is 0.880. The van der Waals surface area contributed by atoms with Crippen molar-refractivity contribution in [3.63, 3.8) is 0 Å². The van der Waals surface area contributed by atoms with Crippen molar-refractivity contribution >= 4 is 11.8 Å². The average molecular weight is 484 g/mol. The Morgan fingerprint density at radius 2 is 1.46 bits per heavy atom. The summed E-state index contributed by atoms with van der Waals surface area (Å²) in [5.41, 5.74) is 4.31. The number of amides is 1. The third-order valence-corrected chi connectivity index (χ3v) is 6.75. The zero-order chi connectivity index (χ0) is 26.6. The van der Waals surface area contributed by atoms with E-state index < -0.39 is 17.8 Å². The lowest BCUT2D eigenvalue weighted by molar-refractivity contribution is 0.0216. The number of rotatable bonds is 8. The number of anilines is 1. The highest BCUT2D eigenvalue weighted by Gasteiger charge is 2.32. The van der Waals surface area contributed by atoms with Gasteiger partial charge in [0.25, 0.3) is 0 Å². The summed E-state index contributed by atoms with van der Waals surface area (Å²) in [6, 6.07) is 12.6. The molecule has 2 rings (SSSR count). The van der Waals surface area contributed by atoms with Crippen LogP contribution in [0.5, 0.6) is 5.75 Å². The van der Waals surface area contributed by atoms with E-state index in [0.29, 0.717) is 0 Å². The molecule has 0 bridgehead atoms. The monoisotopic (exact) mass is 483 g/mol. The fourth-order valence-electron chi connectivity index (χ4n) is 4.28. The SMILES string of the molecule is CCC(CC)(c1ccc(NC(=O)OC(C)(C)C)c(C)c1)c1ccc(OCC(O)C(C)(C)C)c(C)c1. The van der Waals surface area contributed by atoms with Crippen molar-refractivity contribution in [3.05, 3.63) is 58.7 Å². The Bertz CT molecular complexity index is 1010. The predicted octanol–water partition coefficient (Wildman–Crippen LogP) is 7.54. The van der Waals surface area contributed by atoms with Gasteiger partial charge in [-0.05, 0) is 87.3 Å². The Morgan fingerprint density at radius 3 is 1.91 bits per heavy atom. The molecule has 2 N–H and O–H groups in total. The highest BCUT2D eigenvalue weighted by molar-refractivity contribution is 5.86. The lowest BCUT2D eigenvalue weighted by Crippen LogP contribution is -2.32. The van der Waals surface area contributed by atoms with Gasteiger partial charge in [-0.25, -0.2) is 4.79 Å². The van der Waals surface area contributed by atoms with E-state index in [2.05, 4.69) is 50.4 Å². The van der Waals surface area contributed by atoms with Gasteiger partial charge in [-0.15, -0.1) is 0 Å². The third-order valence-electron chi connectivity index (χ3n) is 6.75. The molecule has 0 aliphatic heterocycles. The van der Waals surface area contributed by atoms with Gasteiger partial charge in [0.2, 0.25) is 0 Å². The van der Waals surface area contributed by atoms with E-state index in [-0.39, 0.29) is 17.4 Å². The average Bonchev–Trinajstić information content (AvgIpc) is 2.74. The van der Waals surface area contributed by atoms with Crippen LogP contribution >= 0.6 is 0 Å². The highest BCUT2D eigenvalue weighted by atomic mass is 16.6. The lowest BCUT2D eigenvalue weighted by Gasteiger charge is -2.34. The Hall–Kier alpha value is -2.53. The second-order valence-corrected chi connectivity index (χ2v) is 11.6.